The molecule has 0 fully saturated rings. The van der Waals surface area contributed by atoms with Gasteiger partial charge in [-0.05, 0) is 39.7 Å². The molecule has 0 saturated carbocycles. The largest absolute Gasteiger partial charge is 0.480 e. The van der Waals surface area contributed by atoms with Crippen LogP contribution in [0.15, 0.2) is 30.3 Å². The first-order valence-electron chi connectivity index (χ1n) is 8.62. The Balaban J connectivity index is 2.95. The summed E-state index contributed by atoms with van der Waals surface area (Å²) in [6, 6.07) is 7.23. The van der Waals surface area contributed by atoms with Gasteiger partial charge in [0.25, 0.3) is 0 Å². The number of aliphatic carboxylic acids is 1. The lowest BCUT2D eigenvalue weighted by atomic mass is 10.1. The number of ether oxygens (including phenoxy) is 1. The molecule has 7 nitrogen and oxygen atoms in total. The smallest absolute Gasteiger partial charge is 0.408 e. The van der Waals surface area contributed by atoms with E-state index in [-0.39, 0.29) is 13.0 Å². The minimum Gasteiger partial charge on any atom is -0.480 e. The van der Waals surface area contributed by atoms with Crippen LogP contribution in [0.25, 0.3) is 0 Å². The molecule has 0 bridgehead atoms. The molecule has 2 amide bonds. The summed E-state index contributed by atoms with van der Waals surface area (Å²) in [5, 5.41) is 12.0. The van der Waals surface area contributed by atoms with E-state index >= 15 is 0 Å². The van der Waals surface area contributed by atoms with Gasteiger partial charge in [-0.3, -0.25) is 4.79 Å². The Morgan fingerprint density at radius 2 is 1.77 bits per heavy atom. The molecule has 1 aromatic carbocycles. The lowest BCUT2D eigenvalue weighted by Crippen LogP contribution is -2.52. The van der Waals surface area contributed by atoms with Crippen LogP contribution in [0.4, 0.5) is 4.79 Å². The Labute approximate surface area is 154 Å². The maximum Gasteiger partial charge on any atom is 0.408 e. The van der Waals surface area contributed by atoms with Crippen LogP contribution in [-0.2, 0) is 20.9 Å². The minimum absolute atomic E-state index is 0.144. The van der Waals surface area contributed by atoms with E-state index < -0.39 is 35.7 Å². The zero-order chi connectivity index (χ0) is 19.9. The van der Waals surface area contributed by atoms with Crippen molar-refractivity contribution in [2.75, 3.05) is 0 Å². The molecule has 1 rings (SSSR count). The molecule has 0 aliphatic rings. The highest BCUT2D eigenvalue weighted by molar-refractivity contribution is 5.89. The summed E-state index contributed by atoms with van der Waals surface area (Å²) in [7, 11) is 0. The summed E-state index contributed by atoms with van der Waals surface area (Å²) < 4.78 is 5.15. The van der Waals surface area contributed by atoms with Crippen LogP contribution in [-0.4, -0.2) is 45.7 Å². The van der Waals surface area contributed by atoms with Gasteiger partial charge in [0.15, 0.2) is 0 Å². The van der Waals surface area contributed by atoms with E-state index in [0.717, 1.165) is 5.56 Å². The second kappa shape index (κ2) is 9.22. The first-order chi connectivity index (χ1) is 12.0. The molecular formula is C19H28N2O5. The number of nitrogens with zero attached hydrogens (tertiary/aromatic N) is 1. The summed E-state index contributed by atoms with van der Waals surface area (Å²) in [4.78, 5) is 37.6. The van der Waals surface area contributed by atoms with Crippen LogP contribution in [0.5, 0.6) is 0 Å². The predicted octanol–water partition coefficient (Wildman–Crippen LogP) is 2.79. The summed E-state index contributed by atoms with van der Waals surface area (Å²) >= 11 is 0. The third-order valence-corrected chi connectivity index (χ3v) is 3.63. The Hall–Kier alpha value is -2.57. The third-order valence-electron chi connectivity index (χ3n) is 3.63. The predicted molar refractivity (Wildman–Crippen MR) is 97.5 cm³/mol. The van der Waals surface area contributed by atoms with Gasteiger partial charge in [0.1, 0.15) is 17.7 Å². The van der Waals surface area contributed by atoms with Gasteiger partial charge >= 0.3 is 12.1 Å². The fourth-order valence-electron chi connectivity index (χ4n) is 2.44. The SMILES string of the molecule is CC[C@H](C(=O)O)N(Cc1ccccc1)C(=O)[C@H](C)NC(=O)OC(C)(C)C. The van der Waals surface area contributed by atoms with Crippen molar-refractivity contribution in [1.29, 1.82) is 0 Å². The van der Waals surface area contributed by atoms with Crippen molar-refractivity contribution in [3.63, 3.8) is 0 Å². The van der Waals surface area contributed by atoms with Crippen LogP contribution in [0, 0.1) is 0 Å². The Morgan fingerprint density at radius 1 is 1.19 bits per heavy atom. The number of alkyl carbamates (subject to hydrolysis) is 1. The Kier molecular flexibility index (Phi) is 7.61. The number of hydrogen-bond acceptors (Lipinski definition) is 4. The standard InChI is InChI=1S/C19H28N2O5/c1-6-15(17(23)24)21(12-14-10-8-7-9-11-14)16(22)13(2)20-18(25)26-19(3,4)5/h7-11,13,15H,6,12H2,1-5H3,(H,20,25)(H,23,24)/t13-,15+/m0/s1. The number of carbonyl (C=O) groups excluding carboxylic acids is 2. The second-order valence-electron chi connectivity index (χ2n) is 7.08. The van der Waals surface area contributed by atoms with Crippen molar-refractivity contribution >= 4 is 18.0 Å². The second-order valence-corrected chi connectivity index (χ2v) is 7.08. The van der Waals surface area contributed by atoms with Gasteiger partial charge < -0.3 is 20.1 Å². The molecule has 0 heterocycles. The van der Waals surface area contributed by atoms with Gasteiger partial charge in [0.05, 0.1) is 0 Å². The first-order valence-corrected chi connectivity index (χ1v) is 8.62. The van der Waals surface area contributed by atoms with E-state index in [0.29, 0.717) is 0 Å². The van der Waals surface area contributed by atoms with E-state index in [1.54, 1.807) is 27.7 Å². The van der Waals surface area contributed by atoms with E-state index in [1.165, 1.54) is 11.8 Å². The molecule has 0 aliphatic carbocycles. The van der Waals surface area contributed by atoms with Crippen LogP contribution < -0.4 is 5.32 Å². The summed E-state index contributed by atoms with van der Waals surface area (Å²) in [5.74, 6) is -1.56. The molecule has 0 aliphatic heterocycles. The number of carboxylic acid groups (broad SMARTS) is 1. The highest BCUT2D eigenvalue weighted by Gasteiger charge is 2.32. The molecule has 0 aromatic heterocycles. The average molecular weight is 364 g/mol. The van der Waals surface area contributed by atoms with Crippen molar-refractivity contribution in [3.8, 4) is 0 Å². The van der Waals surface area contributed by atoms with Crippen molar-refractivity contribution in [2.45, 2.75) is 65.3 Å². The first kappa shape index (κ1) is 21.5. The van der Waals surface area contributed by atoms with Gasteiger partial charge in [-0.15, -0.1) is 0 Å². The summed E-state index contributed by atoms with van der Waals surface area (Å²) in [6.45, 7) is 8.52. The molecule has 0 spiro atoms. The molecule has 1 aromatic rings. The Morgan fingerprint density at radius 3 is 2.23 bits per heavy atom. The van der Waals surface area contributed by atoms with Crippen LogP contribution in [0.1, 0.15) is 46.6 Å². The van der Waals surface area contributed by atoms with Crippen molar-refractivity contribution in [3.05, 3.63) is 35.9 Å². The summed E-state index contributed by atoms with van der Waals surface area (Å²) in [5.41, 5.74) is 0.119. The van der Waals surface area contributed by atoms with E-state index in [2.05, 4.69) is 5.32 Å². The number of amides is 2. The fourth-order valence-corrected chi connectivity index (χ4v) is 2.44. The van der Waals surface area contributed by atoms with Crippen molar-refractivity contribution < 1.29 is 24.2 Å². The van der Waals surface area contributed by atoms with Gasteiger partial charge in [-0.2, -0.15) is 0 Å². The van der Waals surface area contributed by atoms with Gasteiger partial charge in [-0.1, -0.05) is 37.3 Å². The molecule has 2 N–H and O–H groups in total. The highest BCUT2D eigenvalue weighted by Crippen LogP contribution is 2.14. The molecule has 0 radical (unpaired) electrons. The lowest BCUT2D eigenvalue weighted by molar-refractivity contribution is -0.151. The zero-order valence-electron chi connectivity index (χ0n) is 16.0. The number of carboxylic acids is 1. The van der Waals surface area contributed by atoms with Crippen LogP contribution >= 0.6 is 0 Å². The number of rotatable bonds is 7. The molecule has 144 valence electrons. The van der Waals surface area contributed by atoms with E-state index in [1.807, 2.05) is 30.3 Å². The average Bonchev–Trinajstić information content (AvgIpc) is 2.52. The summed E-state index contributed by atoms with van der Waals surface area (Å²) in [6.07, 6.45) is -0.464. The van der Waals surface area contributed by atoms with Crippen LogP contribution in [0.2, 0.25) is 0 Å². The van der Waals surface area contributed by atoms with E-state index in [9.17, 15) is 19.5 Å². The number of benzene rings is 1. The molecule has 2 atom stereocenters. The maximum absolute atomic E-state index is 12.8. The van der Waals surface area contributed by atoms with Crippen molar-refractivity contribution in [1.82, 2.24) is 10.2 Å². The fraction of sp³-hybridized carbons (Fsp3) is 0.526. The molecule has 26 heavy (non-hydrogen) atoms. The van der Waals surface area contributed by atoms with E-state index in [4.69, 9.17) is 4.74 Å². The van der Waals surface area contributed by atoms with Gasteiger partial charge in [0.2, 0.25) is 5.91 Å². The van der Waals surface area contributed by atoms with Crippen LogP contribution in [0.3, 0.4) is 0 Å². The quantitative estimate of drug-likeness (QED) is 0.775. The molecule has 0 saturated heterocycles. The van der Waals surface area contributed by atoms with Crippen molar-refractivity contribution in [2.24, 2.45) is 0 Å². The lowest BCUT2D eigenvalue weighted by Gasteiger charge is -2.31. The topological polar surface area (TPSA) is 95.9 Å². The number of nitrogens with one attached hydrogen (secondary N) is 1. The highest BCUT2D eigenvalue weighted by atomic mass is 16.6. The molecular weight excluding hydrogens is 336 g/mol. The maximum atomic E-state index is 12.8. The normalized spacial score (nSPS) is 13.4. The Bertz CT molecular complexity index is 625. The van der Waals surface area contributed by atoms with Gasteiger partial charge in [0, 0.05) is 6.54 Å². The van der Waals surface area contributed by atoms with Gasteiger partial charge in [-0.25, -0.2) is 9.59 Å². The minimum atomic E-state index is -1.08. The number of carbonyl (C=O) groups is 3. The zero-order valence-corrected chi connectivity index (χ0v) is 16.0. The molecule has 7 heteroatoms. The third kappa shape index (κ3) is 6.74. The molecule has 0 unspecified atom stereocenters. The monoisotopic (exact) mass is 364 g/mol. The number of hydrogen-bond donors (Lipinski definition) is 2.